The Morgan fingerprint density at radius 3 is 2.70 bits per heavy atom. The molecule has 0 bridgehead atoms. The minimum atomic E-state index is 0.578. The van der Waals surface area contributed by atoms with Crippen LogP contribution in [-0.4, -0.2) is 35.7 Å². The van der Waals surface area contributed by atoms with Gasteiger partial charge in [-0.2, -0.15) is 4.98 Å². The van der Waals surface area contributed by atoms with E-state index in [1.165, 1.54) is 38.5 Å². The molecule has 2 N–H and O–H groups in total. The van der Waals surface area contributed by atoms with Gasteiger partial charge in [0.15, 0.2) is 0 Å². The highest BCUT2D eigenvalue weighted by Crippen LogP contribution is 2.16. The maximum absolute atomic E-state index is 5.33. The predicted molar refractivity (Wildman–Crippen MR) is 81.2 cm³/mol. The molecular weight excluding hydrogens is 252 g/mol. The van der Waals surface area contributed by atoms with Gasteiger partial charge in [-0.15, -0.1) is 0 Å². The molecule has 1 aromatic heterocycles. The van der Waals surface area contributed by atoms with Gasteiger partial charge in [-0.3, -0.25) is 4.98 Å². The quantitative estimate of drug-likeness (QED) is 0.593. The summed E-state index contributed by atoms with van der Waals surface area (Å²) in [5, 5.41) is 6.91. The Hall–Kier alpha value is -1.36. The molecule has 2 rings (SSSR count). The molecule has 5 nitrogen and oxygen atoms in total. The summed E-state index contributed by atoms with van der Waals surface area (Å²) in [7, 11) is 0. The molecule has 1 aliphatic rings. The molecular formula is C15H26N4O. The summed E-state index contributed by atoms with van der Waals surface area (Å²) < 4.78 is 5.33. The Morgan fingerprint density at radius 2 is 1.95 bits per heavy atom. The number of nitrogens with one attached hydrogen (secondary N) is 2. The average Bonchev–Trinajstić information content (AvgIpc) is 2.73. The van der Waals surface area contributed by atoms with Gasteiger partial charge >= 0.3 is 0 Å². The van der Waals surface area contributed by atoms with E-state index in [0.29, 0.717) is 18.5 Å². The van der Waals surface area contributed by atoms with E-state index in [2.05, 4.69) is 20.6 Å². The zero-order chi connectivity index (χ0) is 14.0. The fraction of sp³-hybridized carbons (Fsp3) is 0.733. The lowest BCUT2D eigenvalue weighted by Crippen LogP contribution is -2.32. The van der Waals surface area contributed by atoms with Crippen molar-refractivity contribution in [3.63, 3.8) is 0 Å². The van der Waals surface area contributed by atoms with Crippen molar-refractivity contribution in [1.82, 2.24) is 15.3 Å². The average molecular weight is 278 g/mol. The smallest absolute Gasteiger partial charge is 0.234 e. The fourth-order valence-electron chi connectivity index (χ4n) is 2.60. The maximum Gasteiger partial charge on any atom is 0.234 e. The van der Waals surface area contributed by atoms with Crippen LogP contribution in [0.1, 0.15) is 45.4 Å². The monoisotopic (exact) mass is 278 g/mol. The van der Waals surface area contributed by atoms with Crippen LogP contribution in [0.2, 0.25) is 0 Å². The van der Waals surface area contributed by atoms with Gasteiger partial charge in [0.2, 0.25) is 5.88 Å². The van der Waals surface area contributed by atoms with Crippen LogP contribution in [0, 0.1) is 0 Å². The SMILES string of the molecule is CCOc1cncc(NCCNC2CCCCCC2)n1. The van der Waals surface area contributed by atoms with Crippen LogP contribution in [0.5, 0.6) is 5.88 Å². The third-order valence-corrected chi connectivity index (χ3v) is 3.62. The molecule has 1 heterocycles. The Kier molecular flexibility index (Phi) is 6.57. The second kappa shape index (κ2) is 8.74. The summed E-state index contributed by atoms with van der Waals surface area (Å²) in [5.74, 6) is 1.35. The van der Waals surface area contributed by atoms with E-state index >= 15 is 0 Å². The molecule has 20 heavy (non-hydrogen) atoms. The van der Waals surface area contributed by atoms with E-state index in [9.17, 15) is 0 Å². The Bertz CT molecular complexity index is 378. The van der Waals surface area contributed by atoms with Crippen LogP contribution >= 0.6 is 0 Å². The summed E-state index contributed by atoms with van der Waals surface area (Å²) >= 11 is 0. The van der Waals surface area contributed by atoms with Crippen LogP contribution < -0.4 is 15.4 Å². The molecule has 0 atom stereocenters. The molecule has 112 valence electrons. The van der Waals surface area contributed by atoms with Crippen molar-refractivity contribution < 1.29 is 4.74 Å². The van der Waals surface area contributed by atoms with E-state index in [0.717, 1.165) is 18.9 Å². The Morgan fingerprint density at radius 1 is 1.15 bits per heavy atom. The van der Waals surface area contributed by atoms with Crippen LogP contribution in [0.4, 0.5) is 5.82 Å². The van der Waals surface area contributed by atoms with Crippen LogP contribution in [0.15, 0.2) is 12.4 Å². The Balaban J connectivity index is 1.66. The summed E-state index contributed by atoms with van der Waals surface area (Å²) in [6.07, 6.45) is 11.5. The van der Waals surface area contributed by atoms with E-state index in [-0.39, 0.29) is 0 Å². The number of nitrogens with zero attached hydrogens (tertiary/aromatic N) is 2. The van der Waals surface area contributed by atoms with Gasteiger partial charge in [0.25, 0.3) is 0 Å². The van der Waals surface area contributed by atoms with Crippen molar-refractivity contribution in [2.45, 2.75) is 51.5 Å². The lowest BCUT2D eigenvalue weighted by atomic mass is 10.1. The highest BCUT2D eigenvalue weighted by atomic mass is 16.5. The summed E-state index contributed by atoms with van der Waals surface area (Å²) in [6, 6.07) is 0.695. The van der Waals surface area contributed by atoms with Gasteiger partial charge in [0.05, 0.1) is 19.0 Å². The van der Waals surface area contributed by atoms with E-state index in [1.807, 2.05) is 6.92 Å². The lowest BCUT2D eigenvalue weighted by molar-refractivity contribution is 0.325. The number of hydrogen-bond donors (Lipinski definition) is 2. The summed E-state index contributed by atoms with van der Waals surface area (Å²) in [5.41, 5.74) is 0. The minimum absolute atomic E-state index is 0.578. The van der Waals surface area contributed by atoms with Gasteiger partial charge in [0.1, 0.15) is 5.82 Å². The maximum atomic E-state index is 5.33. The van der Waals surface area contributed by atoms with Gasteiger partial charge < -0.3 is 15.4 Å². The van der Waals surface area contributed by atoms with Gasteiger partial charge in [0, 0.05) is 19.1 Å². The molecule has 0 amide bonds. The fourth-order valence-corrected chi connectivity index (χ4v) is 2.60. The first-order valence-electron chi connectivity index (χ1n) is 7.80. The van der Waals surface area contributed by atoms with Crippen LogP contribution in [0.3, 0.4) is 0 Å². The summed E-state index contributed by atoms with van der Waals surface area (Å²) in [6.45, 7) is 4.38. The number of rotatable bonds is 7. The molecule has 0 aromatic carbocycles. The number of aromatic nitrogens is 2. The van der Waals surface area contributed by atoms with Crippen molar-refractivity contribution in [2.24, 2.45) is 0 Å². The van der Waals surface area contributed by atoms with Crippen molar-refractivity contribution in [3.05, 3.63) is 12.4 Å². The standard InChI is InChI=1S/C15H26N4O/c1-2-20-15-12-16-11-14(19-15)18-10-9-17-13-7-5-3-4-6-8-13/h11-13,17H,2-10H2,1H3,(H,18,19). The molecule has 0 radical (unpaired) electrons. The molecule has 0 unspecified atom stereocenters. The van der Waals surface area contributed by atoms with Crippen molar-refractivity contribution in [1.29, 1.82) is 0 Å². The number of ether oxygens (including phenoxy) is 1. The van der Waals surface area contributed by atoms with Gasteiger partial charge in [-0.05, 0) is 19.8 Å². The largest absolute Gasteiger partial charge is 0.477 e. The third-order valence-electron chi connectivity index (χ3n) is 3.62. The molecule has 1 aliphatic carbocycles. The first-order valence-corrected chi connectivity index (χ1v) is 7.80. The zero-order valence-electron chi connectivity index (χ0n) is 12.4. The molecule has 5 heteroatoms. The highest BCUT2D eigenvalue weighted by molar-refractivity contribution is 5.33. The van der Waals surface area contributed by atoms with Crippen molar-refractivity contribution in [2.75, 3.05) is 25.0 Å². The van der Waals surface area contributed by atoms with Crippen LogP contribution in [-0.2, 0) is 0 Å². The second-order valence-electron chi connectivity index (χ2n) is 5.24. The third kappa shape index (κ3) is 5.33. The molecule has 1 saturated carbocycles. The highest BCUT2D eigenvalue weighted by Gasteiger charge is 2.10. The predicted octanol–water partition coefficient (Wildman–Crippen LogP) is 2.60. The molecule has 1 fully saturated rings. The van der Waals surface area contributed by atoms with Gasteiger partial charge in [-0.25, -0.2) is 0 Å². The van der Waals surface area contributed by atoms with E-state index in [1.54, 1.807) is 12.4 Å². The second-order valence-corrected chi connectivity index (χ2v) is 5.24. The zero-order valence-corrected chi connectivity index (χ0v) is 12.4. The van der Waals surface area contributed by atoms with Gasteiger partial charge in [-0.1, -0.05) is 25.7 Å². The van der Waals surface area contributed by atoms with Crippen molar-refractivity contribution in [3.8, 4) is 5.88 Å². The Labute approximate surface area is 121 Å². The summed E-state index contributed by atoms with van der Waals surface area (Å²) in [4.78, 5) is 8.45. The van der Waals surface area contributed by atoms with E-state index in [4.69, 9.17) is 4.74 Å². The molecule has 1 aromatic rings. The van der Waals surface area contributed by atoms with E-state index < -0.39 is 0 Å². The normalized spacial score (nSPS) is 16.6. The molecule has 0 saturated heterocycles. The first-order chi connectivity index (χ1) is 9.88. The topological polar surface area (TPSA) is 59.1 Å². The number of hydrogen-bond acceptors (Lipinski definition) is 5. The van der Waals surface area contributed by atoms with Crippen molar-refractivity contribution >= 4 is 5.82 Å². The number of anilines is 1. The minimum Gasteiger partial charge on any atom is -0.477 e. The molecule has 0 spiro atoms. The lowest BCUT2D eigenvalue weighted by Gasteiger charge is -2.16. The molecule has 0 aliphatic heterocycles. The first kappa shape index (κ1) is 15.0. The van der Waals surface area contributed by atoms with Crippen LogP contribution in [0.25, 0.3) is 0 Å².